The molecule has 0 amide bonds. The zero-order valence-corrected chi connectivity index (χ0v) is 15.3. The third-order valence-electron chi connectivity index (χ3n) is 4.14. The number of cyclic esters (lactones) is 1. The molecular weight excluding hydrogens is 356 g/mol. The summed E-state index contributed by atoms with van der Waals surface area (Å²) in [5.41, 5.74) is 1.51. The van der Waals surface area contributed by atoms with Crippen molar-refractivity contribution >= 4 is 27.0 Å². The van der Waals surface area contributed by atoms with Gasteiger partial charge in [-0.1, -0.05) is 24.3 Å². The first-order valence-electron chi connectivity index (χ1n) is 7.79. The van der Waals surface area contributed by atoms with E-state index in [1.54, 1.807) is 36.4 Å². The van der Waals surface area contributed by atoms with E-state index >= 15 is 0 Å². The Bertz CT molecular complexity index is 1000. The summed E-state index contributed by atoms with van der Waals surface area (Å²) in [5, 5.41) is 10.6. The lowest BCUT2D eigenvalue weighted by Gasteiger charge is -2.20. The summed E-state index contributed by atoms with van der Waals surface area (Å²) in [4.78, 5) is 12.6. The Balaban J connectivity index is 2.21. The summed E-state index contributed by atoms with van der Waals surface area (Å²) >= 11 is 0. The summed E-state index contributed by atoms with van der Waals surface area (Å²) in [6, 6.07) is 12.8. The third-order valence-corrected chi connectivity index (χ3v) is 5.27. The van der Waals surface area contributed by atoms with E-state index in [0.717, 1.165) is 6.26 Å². The molecule has 1 unspecified atom stereocenters. The summed E-state index contributed by atoms with van der Waals surface area (Å²) in [6.07, 6.45) is 1.11. The smallest absolute Gasteiger partial charge is 0.342 e. The Labute approximate surface area is 151 Å². The summed E-state index contributed by atoms with van der Waals surface area (Å²) in [6.45, 7) is 1.37. The van der Waals surface area contributed by atoms with Crippen molar-refractivity contribution in [3.63, 3.8) is 0 Å². The van der Waals surface area contributed by atoms with Crippen LogP contribution >= 0.6 is 0 Å². The quantitative estimate of drug-likeness (QED) is 0.826. The van der Waals surface area contributed by atoms with Gasteiger partial charge in [0.05, 0.1) is 17.6 Å². The number of carbonyl (C=O) groups excluding carboxylic acids is 1. The number of ether oxygens (including phenoxy) is 2. The minimum absolute atomic E-state index is 0.148. The van der Waals surface area contributed by atoms with Gasteiger partial charge < -0.3 is 14.6 Å². The van der Waals surface area contributed by atoms with Crippen molar-refractivity contribution in [3.05, 3.63) is 59.7 Å². The van der Waals surface area contributed by atoms with Gasteiger partial charge in [0.15, 0.2) is 9.84 Å². The second kappa shape index (κ2) is 6.26. The van der Waals surface area contributed by atoms with E-state index in [2.05, 4.69) is 0 Å². The van der Waals surface area contributed by atoms with Gasteiger partial charge in [-0.15, -0.1) is 0 Å². The fourth-order valence-corrected chi connectivity index (χ4v) is 3.57. The summed E-state index contributed by atoms with van der Waals surface area (Å²) in [5.74, 6) is -1.94. The van der Waals surface area contributed by atoms with E-state index < -0.39 is 21.6 Å². The first-order valence-corrected chi connectivity index (χ1v) is 9.68. The fourth-order valence-electron chi connectivity index (χ4n) is 2.94. The molecule has 0 radical (unpaired) electrons. The molecule has 1 atom stereocenters. The molecule has 1 aliphatic heterocycles. The Morgan fingerprint density at radius 2 is 1.73 bits per heavy atom. The second-order valence-electron chi connectivity index (χ2n) is 6.15. The monoisotopic (exact) mass is 374 g/mol. The Morgan fingerprint density at radius 1 is 1.08 bits per heavy atom. The van der Waals surface area contributed by atoms with Crippen LogP contribution in [0, 0.1) is 0 Å². The van der Waals surface area contributed by atoms with Gasteiger partial charge in [0.25, 0.3) is 0 Å². The number of esters is 1. The molecule has 0 fully saturated rings. The molecule has 3 rings (SSSR count). The summed E-state index contributed by atoms with van der Waals surface area (Å²) in [7, 11) is -1.84. The van der Waals surface area contributed by atoms with Gasteiger partial charge in [-0.05, 0) is 35.4 Å². The highest BCUT2D eigenvalue weighted by Gasteiger charge is 2.43. The van der Waals surface area contributed by atoms with E-state index in [1.165, 1.54) is 26.2 Å². The van der Waals surface area contributed by atoms with Crippen LogP contribution in [0.5, 0.6) is 5.75 Å². The van der Waals surface area contributed by atoms with Crippen LogP contribution in [-0.2, 0) is 19.4 Å². The lowest BCUT2D eigenvalue weighted by Crippen LogP contribution is -2.26. The maximum Gasteiger partial charge on any atom is 0.342 e. The zero-order valence-electron chi connectivity index (χ0n) is 14.5. The third kappa shape index (κ3) is 3.23. The number of aliphatic hydroxyl groups is 1. The number of methoxy groups -OCH3 is 1. The number of sulfone groups is 1. The van der Waals surface area contributed by atoms with Crippen molar-refractivity contribution in [1.82, 2.24) is 0 Å². The highest BCUT2D eigenvalue weighted by Crippen LogP contribution is 2.43. The van der Waals surface area contributed by atoms with Gasteiger partial charge in [0.2, 0.25) is 5.79 Å². The number of benzene rings is 2. The molecule has 0 bridgehead atoms. The molecule has 2 aromatic rings. The lowest BCUT2D eigenvalue weighted by atomic mass is 9.92. The molecule has 0 spiro atoms. The van der Waals surface area contributed by atoms with Crippen LogP contribution in [-0.4, -0.2) is 38.6 Å². The van der Waals surface area contributed by atoms with Crippen molar-refractivity contribution in [2.45, 2.75) is 17.6 Å². The maximum atomic E-state index is 12.4. The molecule has 0 saturated heterocycles. The fraction of sp³-hybridized carbons (Fsp3) is 0.211. The number of carbonyl (C=O) groups is 1. The van der Waals surface area contributed by atoms with Gasteiger partial charge in [-0.3, -0.25) is 0 Å². The van der Waals surface area contributed by atoms with Crippen molar-refractivity contribution in [3.8, 4) is 5.75 Å². The Kier molecular flexibility index (Phi) is 4.37. The van der Waals surface area contributed by atoms with Crippen LogP contribution in [0.4, 0.5) is 0 Å². The average molecular weight is 374 g/mol. The first kappa shape index (κ1) is 18.2. The van der Waals surface area contributed by atoms with E-state index in [0.29, 0.717) is 16.9 Å². The van der Waals surface area contributed by atoms with Crippen molar-refractivity contribution in [2.75, 3.05) is 13.4 Å². The van der Waals surface area contributed by atoms with Gasteiger partial charge in [0, 0.05) is 18.8 Å². The van der Waals surface area contributed by atoms with E-state index in [1.807, 2.05) is 0 Å². The lowest BCUT2D eigenvalue weighted by molar-refractivity contribution is -0.169. The highest BCUT2D eigenvalue weighted by molar-refractivity contribution is 7.90. The van der Waals surface area contributed by atoms with Gasteiger partial charge >= 0.3 is 5.97 Å². The average Bonchev–Trinajstić information content (AvgIpc) is 2.82. The molecule has 1 N–H and O–H groups in total. The predicted octanol–water partition coefficient (Wildman–Crippen LogP) is 2.27. The number of hydrogen-bond donors (Lipinski definition) is 1. The number of rotatable bonds is 4. The molecule has 2 aromatic carbocycles. The molecule has 0 aliphatic carbocycles. The van der Waals surface area contributed by atoms with E-state index in [4.69, 9.17) is 9.47 Å². The normalized spacial score (nSPS) is 20.2. The SMILES string of the molecule is COc1cccc(C2=C(c3ccc(S(C)(=O)=O)cc3)C(C)(O)OC2=O)c1. The number of hydrogen-bond acceptors (Lipinski definition) is 6. The van der Waals surface area contributed by atoms with E-state index in [9.17, 15) is 18.3 Å². The van der Waals surface area contributed by atoms with Crippen LogP contribution < -0.4 is 4.74 Å². The topological polar surface area (TPSA) is 89.9 Å². The maximum absolute atomic E-state index is 12.4. The van der Waals surface area contributed by atoms with Crippen LogP contribution in [0.25, 0.3) is 11.1 Å². The molecular formula is C19H18O6S. The molecule has 0 saturated carbocycles. The van der Waals surface area contributed by atoms with Crippen molar-refractivity contribution in [1.29, 1.82) is 0 Å². The zero-order chi connectivity index (χ0) is 19.1. The van der Waals surface area contributed by atoms with Crippen molar-refractivity contribution in [2.24, 2.45) is 0 Å². The van der Waals surface area contributed by atoms with Gasteiger partial charge in [-0.25, -0.2) is 13.2 Å². The van der Waals surface area contributed by atoms with Gasteiger partial charge in [-0.2, -0.15) is 0 Å². The molecule has 1 heterocycles. The Morgan fingerprint density at radius 3 is 2.31 bits per heavy atom. The van der Waals surface area contributed by atoms with Crippen molar-refractivity contribution < 1.29 is 27.8 Å². The van der Waals surface area contributed by atoms with E-state index in [-0.39, 0.29) is 16.0 Å². The van der Waals surface area contributed by atoms with Crippen LogP contribution in [0.2, 0.25) is 0 Å². The Hall–Kier alpha value is -2.64. The minimum atomic E-state index is -3.35. The first-order chi connectivity index (χ1) is 12.1. The second-order valence-corrected chi connectivity index (χ2v) is 8.17. The van der Waals surface area contributed by atoms with Crippen LogP contribution in [0.1, 0.15) is 18.1 Å². The summed E-state index contributed by atoms with van der Waals surface area (Å²) < 4.78 is 33.6. The highest BCUT2D eigenvalue weighted by atomic mass is 32.2. The molecule has 7 heteroatoms. The van der Waals surface area contributed by atoms with Crippen LogP contribution in [0.3, 0.4) is 0 Å². The standard InChI is InChI=1S/C19H18O6S/c1-19(21)17(12-7-9-15(10-8-12)26(3,22)23)16(18(20)25-19)13-5-4-6-14(11-13)24-2/h4-11,21H,1-3H3. The molecule has 0 aromatic heterocycles. The van der Waals surface area contributed by atoms with Crippen LogP contribution in [0.15, 0.2) is 53.4 Å². The molecule has 6 nitrogen and oxygen atoms in total. The molecule has 136 valence electrons. The largest absolute Gasteiger partial charge is 0.497 e. The minimum Gasteiger partial charge on any atom is -0.497 e. The molecule has 26 heavy (non-hydrogen) atoms. The molecule has 1 aliphatic rings. The van der Waals surface area contributed by atoms with Gasteiger partial charge in [0.1, 0.15) is 5.75 Å². The predicted molar refractivity (Wildman–Crippen MR) is 96.1 cm³/mol.